The lowest BCUT2D eigenvalue weighted by Gasteiger charge is -2.30. The zero-order valence-corrected chi connectivity index (χ0v) is 20.3. The van der Waals surface area contributed by atoms with E-state index in [-0.39, 0.29) is 5.02 Å². The Kier molecular flexibility index (Phi) is 7.19. The second kappa shape index (κ2) is 10.1. The number of fused-ring (bicyclic) bond motifs is 1. The Morgan fingerprint density at radius 3 is 2.62 bits per heavy atom. The van der Waals surface area contributed by atoms with Crippen LogP contribution in [-0.4, -0.2) is 74.2 Å². The van der Waals surface area contributed by atoms with E-state index in [0.29, 0.717) is 40.2 Å². The van der Waals surface area contributed by atoms with Crippen molar-refractivity contribution >= 4 is 49.7 Å². The molecule has 0 radical (unpaired) electrons. The minimum absolute atomic E-state index is 0.0271. The number of halogens is 2. The topological polar surface area (TPSA) is 90.5 Å². The molecule has 2 aromatic carbocycles. The number of nitrogens with one attached hydrogen (secondary N) is 2. The van der Waals surface area contributed by atoms with Crippen molar-refractivity contribution < 1.29 is 12.8 Å². The van der Waals surface area contributed by atoms with Crippen LogP contribution >= 0.6 is 11.6 Å². The number of nitrogens with zero attached hydrogens (tertiary/aromatic N) is 4. The minimum Gasteiger partial charge on any atom is -0.340 e. The van der Waals surface area contributed by atoms with Crippen molar-refractivity contribution in [1.82, 2.24) is 19.8 Å². The predicted octanol–water partition coefficient (Wildman–Crippen LogP) is 3.14. The van der Waals surface area contributed by atoms with Gasteiger partial charge in [-0.05, 0) is 37.4 Å². The first-order valence-electron chi connectivity index (χ1n) is 10.6. The first kappa shape index (κ1) is 24.2. The lowest BCUT2D eigenvalue weighted by Crippen LogP contribution is -2.44. The SMILES string of the molecule is CN1CCN(CC#Cc2cc3ncnc(Nc4ccc(F)c(Cl)c4)c3cc2NS(C)(=O)=O)CC1. The van der Waals surface area contributed by atoms with E-state index in [0.717, 1.165) is 32.4 Å². The van der Waals surface area contributed by atoms with E-state index in [9.17, 15) is 12.8 Å². The van der Waals surface area contributed by atoms with Crippen molar-refractivity contribution in [1.29, 1.82) is 0 Å². The Bertz CT molecular complexity index is 1380. The average molecular weight is 503 g/mol. The van der Waals surface area contributed by atoms with Crippen LogP contribution in [-0.2, 0) is 10.0 Å². The van der Waals surface area contributed by atoms with Gasteiger partial charge in [-0.2, -0.15) is 0 Å². The Morgan fingerprint density at radius 2 is 1.91 bits per heavy atom. The molecule has 1 aromatic heterocycles. The van der Waals surface area contributed by atoms with E-state index in [1.54, 1.807) is 12.1 Å². The summed E-state index contributed by atoms with van der Waals surface area (Å²) in [5.74, 6) is 6.14. The molecule has 178 valence electrons. The van der Waals surface area contributed by atoms with Gasteiger partial charge in [0.05, 0.1) is 34.6 Å². The highest BCUT2D eigenvalue weighted by Crippen LogP contribution is 2.30. The highest BCUT2D eigenvalue weighted by Gasteiger charge is 2.14. The van der Waals surface area contributed by atoms with Gasteiger partial charge < -0.3 is 10.2 Å². The normalized spacial score (nSPS) is 15.1. The predicted molar refractivity (Wildman–Crippen MR) is 134 cm³/mol. The maximum absolute atomic E-state index is 13.5. The van der Waals surface area contributed by atoms with Crippen LogP contribution in [0.3, 0.4) is 0 Å². The molecule has 8 nitrogen and oxygen atoms in total. The number of hydrogen-bond donors (Lipinski definition) is 2. The summed E-state index contributed by atoms with van der Waals surface area (Å²) in [5.41, 5.74) is 1.95. The summed E-state index contributed by atoms with van der Waals surface area (Å²) < 4.78 is 40.1. The third kappa shape index (κ3) is 6.12. The summed E-state index contributed by atoms with van der Waals surface area (Å²) >= 11 is 5.88. The van der Waals surface area contributed by atoms with Crippen LogP contribution in [0.1, 0.15) is 5.56 Å². The van der Waals surface area contributed by atoms with Crippen LogP contribution in [0.4, 0.5) is 21.6 Å². The van der Waals surface area contributed by atoms with Gasteiger partial charge in [0, 0.05) is 37.3 Å². The van der Waals surface area contributed by atoms with Gasteiger partial charge in [-0.15, -0.1) is 0 Å². The second-order valence-corrected chi connectivity index (χ2v) is 10.3. The Balaban J connectivity index is 1.68. The van der Waals surface area contributed by atoms with Crippen LogP contribution in [0.2, 0.25) is 5.02 Å². The van der Waals surface area contributed by atoms with Gasteiger partial charge in [-0.1, -0.05) is 23.4 Å². The highest BCUT2D eigenvalue weighted by molar-refractivity contribution is 7.92. The smallest absolute Gasteiger partial charge is 0.229 e. The number of anilines is 3. The van der Waals surface area contributed by atoms with E-state index in [2.05, 4.69) is 48.7 Å². The number of hydrogen-bond acceptors (Lipinski definition) is 7. The van der Waals surface area contributed by atoms with Crippen LogP contribution in [0.5, 0.6) is 0 Å². The molecule has 1 aliphatic rings. The van der Waals surface area contributed by atoms with Gasteiger partial charge in [0.15, 0.2) is 0 Å². The largest absolute Gasteiger partial charge is 0.340 e. The Hall–Kier alpha value is -2.97. The van der Waals surface area contributed by atoms with E-state index >= 15 is 0 Å². The Labute approximate surface area is 203 Å². The fraction of sp³-hybridized carbons (Fsp3) is 0.304. The van der Waals surface area contributed by atoms with Crippen molar-refractivity contribution in [2.24, 2.45) is 0 Å². The van der Waals surface area contributed by atoms with Crippen LogP contribution in [0.25, 0.3) is 10.9 Å². The monoisotopic (exact) mass is 502 g/mol. The summed E-state index contributed by atoms with van der Waals surface area (Å²) in [4.78, 5) is 13.1. The molecule has 1 fully saturated rings. The van der Waals surface area contributed by atoms with Crippen molar-refractivity contribution in [3.8, 4) is 11.8 Å². The average Bonchev–Trinajstić information content (AvgIpc) is 2.77. The third-order valence-electron chi connectivity index (χ3n) is 5.37. The standard InChI is InChI=1S/C23H24ClFN6O2S/c1-30-8-10-31(11-9-30)7-3-4-16-12-22-18(14-21(16)29-34(2,32)33)23(27-15-26-22)28-17-5-6-20(25)19(24)13-17/h5-6,12-15,29H,7-11H2,1-2H3,(H,26,27,28). The summed E-state index contributed by atoms with van der Waals surface area (Å²) in [7, 11) is -1.46. The summed E-state index contributed by atoms with van der Waals surface area (Å²) in [6.07, 6.45) is 2.47. The van der Waals surface area contributed by atoms with Gasteiger partial charge >= 0.3 is 0 Å². The number of rotatable bonds is 5. The molecule has 0 unspecified atom stereocenters. The van der Waals surface area contributed by atoms with Crippen LogP contribution < -0.4 is 10.0 Å². The molecule has 4 rings (SSSR count). The molecule has 34 heavy (non-hydrogen) atoms. The number of aromatic nitrogens is 2. The quantitative estimate of drug-likeness (QED) is 0.518. The maximum Gasteiger partial charge on any atom is 0.229 e. The molecular weight excluding hydrogens is 479 g/mol. The zero-order valence-electron chi connectivity index (χ0n) is 18.8. The molecule has 0 spiro atoms. The maximum atomic E-state index is 13.5. The molecule has 0 bridgehead atoms. The molecule has 11 heteroatoms. The molecule has 2 N–H and O–H groups in total. The van der Waals surface area contributed by atoms with Gasteiger partial charge in [0.1, 0.15) is 18.0 Å². The zero-order chi connectivity index (χ0) is 24.3. The van der Waals surface area contributed by atoms with Gasteiger partial charge in [0.2, 0.25) is 10.0 Å². The first-order valence-corrected chi connectivity index (χ1v) is 12.8. The number of benzene rings is 2. The molecule has 0 atom stereocenters. The van der Waals surface area contributed by atoms with Crippen LogP contribution in [0.15, 0.2) is 36.7 Å². The highest BCUT2D eigenvalue weighted by atomic mass is 35.5. The van der Waals surface area contributed by atoms with Gasteiger partial charge in [0.25, 0.3) is 0 Å². The summed E-state index contributed by atoms with van der Waals surface area (Å²) in [5, 5.41) is 3.63. The van der Waals surface area contributed by atoms with Crippen molar-refractivity contribution in [2.75, 3.05) is 56.1 Å². The summed E-state index contributed by atoms with van der Waals surface area (Å²) in [6, 6.07) is 7.59. The van der Waals surface area contributed by atoms with E-state index in [1.807, 2.05) is 0 Å². The molecule has 1 aliphatic heterocycles. The molecule has 0 aliphatic carbocycles. The molecule has 2 heterocycles. The third-order valence-corrected chi connectivity index (χ3v) is 6.25. The first-order chi connectivity index (χ1) is 16.2. The Morgan fingerprint density at radius 1 is 1.15 bits per heavy atom. The molecule has 1 saturated heterocycles. The van der Waals surface area contributed by atoms with Gasteiger partial charge in [-0.3, -0.25) is 9.62 Å². The number of likely N-dealkylation sites (N-methyl/N-ethyl adjacent to an activating group) is 1. The van der Waals surface area contributed by atoms with Crippen molar-refractivity contribution in [3.63, 3.8) is 0 Å². The van der Waals surface area contributed by atoms with E-state index in [1.165, 1.54) is 24.5 Å². The summed E-state index contributed by atoms with van der Waals surface area (Å²) in [6.45, 7) is 4.45. The number of piperazine rings is 1. The fourth-order valence-corrected chi connectivity index (χ4v) is 4.30. The molecule has 0 amide bonds. The lowest BCUT2D eigenvalue weighted by atomic mass is 10.1. The van der Waals surface area contributed by atoms with Crippen molar-refractivity contribution in [2.45, 2.75) is 0 Å². The van der Waals surface area contributed by atoms with E-state index in [4.69, 9.17) is 11.6 Å². The fourth-order valence-electron chi connectivity index (χ4n) is 3.55. The van der Waals surface area contributed by atoms with E-state index < -0.39 is 15.8 Å². The minimum atomic E-state index is -3.56. The second-order valence-electron chi connectivity index (χ2n) is 8.15. The molecule has 0 saturated carbocycles. The van der Waals surface area contributed by atoms with Gasteiger partial charge in [-0.25, -0.2) is 22.8 Å². The molecule has 3 aromatic rings. The lowest BCUT2D eigenvalue weighted by molar-refractivity contribution is 0.168. The molecular formula is C23H24ClFN6O2S. The van der Waals surface area contributed by atoms with Crippen LogP contribution in [0, 0.1) is 17.7 Å². The number of sulfonamides is 1. The van der Waals surface area contributed by atoms with Crippen molar-refractivity contribution in [3.05, 3.63) is 53.1 Å².